The lowest BCUT2D eigenvalue weighted by Gasteiger charge is -2.29. The Kier molecular flexibility index (Phi) is 4.74. The van der Waals surface area contributed by atoms with Gasteiger partial charge in [0.2, 0.25) is 0 Å². The molecule has 0 aliphatic heterocycles. The highest BCUT2D eigenvalue weighted by atomic mass is 19.1. The first-order valence-electron chi connectivity index (χ1n) is 6.90. The van der Waals surface area contributed by atoms with E-state index in [0.29, 0.717) is 19.1 Å². The fraction of sp³-hybridized carbons (Fsp3) is 0.294. The molecule has 106 valence electrons. The van der Waals surface area contributed by atoms with Gasteiger partial charge in [0.25, 0.3) is 0 Å². The lowest BCUT2D eigenvalue weighted by Crippen LogP contribution is -2.30. The molecule has 3 heteroatoms. The Balaban J connectivity index is 2.22. The van der Waals surface area contributed by atoms with Crippen molar-refractivity contribution in [3.63, 3.8) is 0 Å². The molecule has 0 aromatic heterocycles. The Labute approximate surface area is 120 Å². The topological polar surface area (TPSA) is 29.3 Å². The van der Waals surface area contributed by atoms with E-state index in [0.717, 1.165) is 16.8 Å². The largest absolute Gasteiger partial charge is 0.365 e. The predicted molar refractivity (Wildman–Crippen MR) is 82.1 cm³/mol. The molecule has 0 saturated heterocycles. The summed E-state index contributed by atoms with van der Waals surface area (Å²) in [7, 11) is 0. The van der Waals surface area contributed by atoms with E-state index in [1.165, 1.54) is 6.07 Å². The molecule has 20 heavy (non-hydrogen) atoms. The van der Waals surface area contributed by atoms with Crippen LogP contribution in [0.2, 0.25) is 0 Å². The molecular formula is C17H21FN2. The van der Waals surface area contributed by atoms with Crippen molar-refractivity contribution >= 4 is 5.69 Å². The lowest BCUT2D eigenvalue weighted by atomic mass is 10.1. The molecule has 0 bridgehead atoms. The Hall–Kier alpha value is -1.87. The maximum Gasteiger partial charge on any atom is 0.123 e. The third-order valence-corrected chi connectivity index (χ3v) is 3.37. The van der Waals surface area contributed by atoms with Gasteiger partial charge in [0.15, 0.2) is 0 Å². The van der Waals surface area contributed by atoms with Crippen molar-refractivity contribution in [3.8, 4) is 0 Å². The van der Waals surface area contributed by atoms with Gasteiger partial charge in [0.05, 0.1) is 0 Å². The third kappa shape index (κ3) is 3.58. The van der Waals surface area contributed by atoms with Gasteiger partial charge in [0, 0.05) is 24.8 Å². The number of nitrogens with zero attached hydrogens (tertiary/aromatic N) is 1. The molecule has 2 N–H and O–H groups in total. The van der Waals surface area contributed by atoms with Crippen molar-refractivity contribution in [2.24, 2.45) is 5.73 Å². The molecule has 0 amide bonds. The Morgan fingerprint density at radius 3 is 2.30 bits per heavy atom. The van der Waals surface area contributed by atoms with Crippen LogP contribution in [0.1, 0.15) is 25.0 Å². The molecule has 0 saturated carbocycles. The average Bonchev–Trinajstić information content (AvgIpc) is 2.45. The minimum atomic E-state index is -0.190. The number of nitrogens with two attached hydrogens (primary N) is 1. The second kappa shape index (κ2) is 6.53. The molecule has 2 aromatic rings. The maximum absolute atomic E-state index is 13.3. The molecule has 2 rings (SSSR count). The highest BCUT2D eigenvalue weighted by Crippen LogP contribution is 2.21. The minimum Gasteiger partial charge on any atom is -0.365 e. The first-order chi connectivity index (χ1) is 9.60. The van der Waals surface area contributed by atoms with E-state index in [4.69, 9.17) is 5.73 Å². The van der Waals surface area contributed by atoms with E-state index in [1.807, 2.05) is 18.2 Å². The molecule has 0 unspecified atom stereocenters. The Bertz CT molecular complexity index is 549. The second-order valence-electron chi connectivity index (χ2n) is 5.22. The monoisotopic (exact) mass is 272 g/mol. The third-order valence-electron chi connectivity index (χ3n) is 3.37. The van der Waals surface area contributed by atoms with Crippen LogP contribution in [0.3, 0.4) is 0 Å². The van der Waals surface area contributed by atoms with E-state index in [2.05, 4.69) is 30.9 Å². The zero-order chi connectivity index (χ0) is 14.5. The average molecular weight is 272 g/mol. The highest BCUT2D eigenvalue weighted by Gasteiger charge is 2.11. The number of hydrogen-bond acceptors (Lipinski definition) is 2. The van der Waals surface area contributed by atoms with Gasteiger partial charge in [-0.2, -0.15) is 0 Å². The summed E-state index contributed by atoms with van der Waals surface area (Å²) in [6.45, 7) is 5.51. The first kappa shape index (κ1) is 14.5. The molecular weight excluding hydrogens is 251 g/mol. The smallest absolute Gasteiger partial charge is 0.123 e. The molecule has 2 aromatic carbocycles. The van der Waals surface area contributed by atoms with Gasteiger partial charge < -0.3 is 10.6 Å². The molecule has 0 heterocycles. The van der Waals surface area contributed by atoms with Crippen LogP contribution in [0, 0.1) is 5.82 Å². The summed E-state index contributed by atoms with van der Waals surface area (Å²) in [5.74, 6) is -0.190. The zero-order valence-electron chi connectivity index (χ0n) is 12.0. The van der Waals surface area contributed by atoms with Gasteiger partial charge >= 0.3 is 0 Å². The fourth-order valence-corrected chi connectivity index (χ4v) is 2.23. The molecule has 0 aliphatic carbocycles. The summed E-state index contributed by atoms with van der Waals surface area (Å²) in [5, 5.41) is 0. The van der Waals surface area contributed by atoms with E-state index in [-0.39, 0.29) is 5.82 Å². The van der Waals surface area contributed by atoms with Crippen molar-refractivity contribution in [1.82, 2.24) is 0 Å². The Morgan fingerprint density at radius 2 is 1.75 bits per heavy atom. The molecule has 0 atom stereocenters. The summed E-state index contributed by atoms with van der Waals surface area (Å²) < 4.78 is 13.3. The minimum absolute atomic E-state index is 0.190. The standard InChI is InChI=1S/C17H21FN2/c1-13(2)20(12-15-4-3-5-16(18)10-15)17-8-6-14(11-19)7-9-17/h3-10,13H,11-12,19H2,1-2H3. The van der Waals surface area contributed by atoms with Gasteiger partial charge in [-0.05, 0) is 49.2 Å². The van der Waals surface area contributed by atoms with Gasteiger partial charge in [-0.15, -0.1) is 0 Å². The number of hydrogen-bond donors (Lipinski definition) is 1. The van der Waals surface area contributed by atoms with Crippen LogP contribution in [0.4, 0.5) is 10.1 Å². The van der Waals surface area contributed by atoms with E-state index in [9.17, 15) is 4.39 Å². The van der Waals surface area contributed by atoms with Crippen LogP contribution in [0.15, 0.2) is 48.5 Å². The summed E-state index contributed by atoms with van der Waals surface area (Å²) in [5.41, 5.74) is 8.83. The summed E-state index contributed by atoms with van der Waals surface area (Å²) in [6.07, 6.45) is 0. The van der Waals surface area contributed by atoms with Crippen LogP contribution in [0.5, 0.6) is 0 Å². The summed E-state index contributed by atoms with van der Waals surface area (Å²) in [4.78, 5) is 2.25. The van der Waals surface area contributed by atoms with Crippen LogP contribution in [-0.2, 0) is 13.1 Å². The van der Waals surface area contributed by atoms with Crippen LogP contribution >= 0.6 is 0 Å². The number of halogens is 1. The number of rotatable bonds is 5. The quantitative estimate of drug-likeness (QED) is 0.899. The number of anilines is 1. The van der Waals surface area contributed by atoms with Crippen molar-refractivity contribution in [2.75, 3.05) is 4.90 Å². The van der Waals surface area contributed by atoms with Gasteiger partial charge in [-0.1, -0.05) is 24.3 Å². The van der Waals surface area contributed by atoms with E-state index >= 15 is 0 Å². The van der Waals surface area contributed by atoms with Crippen molar-refractivity contribution in [3.05, 3.63) is 65.5 Å². The van der Waals surface area contributed by atoms with Crippen molar-refractivity contribution in [2.45, 2.75) is 33.0 Å². The zero-order valence-corrected chi connectivity index (χ0v) is 12.0. The fourth-order valence-electron chi connectivity index (χ4n) is 2.23. The SMILES string of the molecule is CC(C)N(Cc1cccc(F)c1)c1ccc(CN)cc1. The van der Waals surface area contributed by atoms with Crippen LogP contribution < -0.4 is 10.6 Å². The summed E-state index contributed by atoms with van der Waals surface area (Å²) >= 11 is 0. The highest BCUT2D eigenvalue weighted by molar-refractivity contribution is 5.49. The van der Waals surface area contributed by atoms with Gasteiger partial charge in [-0.25, -0.2) is 4.39 Å². The van der Waals surface area contributed by atoms with Crippen molar-refractivity contribution in [1.29, 1.82) is 0 Å². The first-order valence-corrected chi connectivity index (χ1v) is 6.90. The van der Waals surface area contributed by atoms with E-state index < -0.39 is 0 Å². The summed E-state index contributed by atoms with van der Waals surface area (Å²) in [6, 6.07) is 15.3. The molecule has 0 spiro atoms. The second-order valence-corrected chi connectivity index (χ2v) is 5.22. The predicted octanol–water partition coefficient (Wildman–Crippen LogP) is 3.70. The van der Waals surface area contributed by atoms with Crippen molar-refractivity contribution < 1.29 is 4.39 Å². The molecule has 2 nitrogen and oxygen atoms in total. The van der Waals surface area contributed by atoms with Crippen LogP contribution in [-0.4, -0.2) is 6.04 Å². The van der Waals surface area contributed by atoms with Gasteiger partial charge in [0.1, 0.15) is 5.82 Å². The van der Waals surface area contributed by atoms with Gasteiger partial charge in [-0.3, -0.25) is 0 Å². The molecule has 0 fully saturated rings. The molecule has 0 aliphatic rings. The lowest BCUT2D eigenvalue weighted by molar-refractivity contribution is 0.621. The maximum atomic E-state index is 13.3. The number of benzene rings is 2. The molecule has 0 radical (unpaired) electrons. The van der Waals surface area contributed by atoms with E-state index in [1.54, 1.807) is 12.1 Å². The Morgan fingerprint density at radius 1 is 1.05 bits per heavy atom. The van der Waals surface area contributed by atoms with Crippen LogP contribution in [0.25, 0.3) is 0 Å². The normalized spacial score (nSPS) is 10.8.